The molecule has 3 rings (SSSR count). The summed E-state index contributed by atoms with van der Waals surface area (Å²) in [5.74, 6) is -1.98. The Morgan fingerprint density at radius 3 is 1.76 bits per heavy atom. The number of nitrogens with zero attached hydrogens (tertiary/aromatic N) is 2. The predicted molar refractivity (Wildman–Crippen MR) is 89.9 cm³/mol. The second-order valence-corrected chi connectivity index (χ2v) is 6.36. The van der Waals surface area contributed by atoms with E-state index in [9.17, 15) is 19.2 Å². The third-order valence-corrected chi connectivity index (χ3v) is 4.36. The summed E-state index contributed by atoms with van der Waals surface area (Å²) in [4.78, 5) is 51.5. The van der Waals surface area contributed by atoms with Gasteiger partial charge in [0.2, 0.25) is 0 Å². The largest absolute Gasteiger partial charge is 0.269 e. The predicted octanol–water partition coefficient (Wildman–Crippen LogP) is 1.49. The number of rotatable bonds is 4. The molecule has 0 aliphatic carbocycles. The molecule has 128 valence electrons. The van der Waals surface area contributed by atoms with Crippen LogP contribution >= 0.6 is 0 Å². The van der Waals surface area contributed by atoms with Crippen molar-refractivity contribution in [3.8, 4) is 0 Å². The van der Waals surface area contributed by atoms with E-state index in [0.717, 1.165) is 20.9 Å². The third kappa shape index (κ3) is 2.91. The van der Waals surface area contributed by atoms with Gasteiger partial charge < -0.3 is 0 Å². The van der Waals surface area contributed by atoms with Gasteiger partial charge in [0.15, 0.2) is 0 Å². The average molecular weight is 338 g/mol. The van der Waals surface area contributed by atoms with Crippen molar-refractivity contribution in [1.29, 1.82) is 0 Å². The maximum Gasteiger partial charge on any atom is 0.258 e. The van der Waals surface area contributed by atoms with Gasteiger partial charge in [-0.25, -0.2) is 0 Å². The highest BCUT2D eigenvalue weighted by molar-refractivity contribution is 6.19. The first-order valence-electron chi connectivity index (χ1n) is 7.97. The first-order valence-corrected chi connectivity index (χ1v) is 7.97. The fourth-order valence-corrected chi connectivity index (χ4v) is 3.13. The third-order valence-electron chi connectivity index (χ3n) is 4.36. The lowest BCUT2D eigenvalue weighted by molar-refractivity contribution is -0.152. The Morgan fingerprint density at radius 1 is 0.840 bits per heavy atom. The van der Waals surface area contributed by atoms with E-state index in [-0.39, 0.29) is 6.42 Å². The smallest absolute Gasteiger partial charge is 0.258 e. The first kappa shape index (κ1) is 16.8. The van der Waals surface area contributed by atoms with E-state index in [0.29, 0.717) is 11.1 Å². The average Bonchev–Trinajstić information content (AvgIpc) is 2.93. The molecule has 4 amide bonds. The zero-order valence-corrected chi connectivity index (χ0v) is 14.3. The van der Waals surface area contributed by atoms with E-state index < -0.39 is 29.8 Å². The van der Waals surface area contributed by atoms with Crippen LogP contribution in [0.4, 0.5) is 0 Å². The number of benzene rings is 1. The van der Waals surface area contributed by atoms with Crippen LogP contribution in [-0.4, -0.2) is 39.6 Å². The summed E-state index contributed by atoms with van der Waals surface area (Å²) in [7, 11) is 0. The highest BCUT2D eigenvalue weighted by atomic mass is 16.2. The van der Waals surface area contributed by atoms with Gasteiger partial charge in [0, 0.05) is 29.7 Å². The molecule has 0 bridgehead atoms. The van der Waals surface area contributed by atoms with Crippen LogP contribution in [0.25, 0.3) is 0 Å². The van der Waals surface area contributed by atoms with Crippen LogP contribution in [0.15, 0.2) is 47.6 Å². The van der Waals surface area contributed by atoms with Gasteiger partial charge in [-0.1, -0.05) is 29.8 Å². The van der Waals surface area contributed by atoms with Crippen molar-refractivity contribution in [1.82, 2.24) is 9.80 Å². The molecule has 0 N–H and O–H groups in total. The van der Waals surface area contributed by atoms with Gasteiger partial charge in [-0.2, -0.15) is 0 Å². The molecule has 0 fully saturated rings. The van der Waals surface area contributed by atoms with Gasteiger partial charge in [-0.3, -0.25) is 29.0 Å². The van der Waals surface area contributed by atoms with Crippen molar-refractivity contribution in [2.24, 2.45) is 0 Å². The Hall–Kier alpha value is -3.02. The lowest BCUT2D eigenvalue weighted by atomic mass is 10.1. The Balaban J connectivity index is 2.01. The van der Waals surface area contributed by atoms with Gasteiger partial charge >= 0.3 is 0 Å². The van der Waals surface area contributed by atoms with Crippen LogP contribution in [0.3, 0.4) is 0 Å². The molecule has 0 radical (unpaired) electrons. The highest BCUT2D eigenvalue weighted by Crippen LogP contribution is 2.25. The summed E-state index contributed by atoms with van der Waals surface area (Å²) >= 11 is 0. The Labute approximate surface area is 145 Å². The summed E-state index contributed by atoms with van der Waals surface area (Å²) < 4.78 is 0. The summed E-state index contributed by atoms with van der Waals surface area (Å²) in [5, 5.41) is 0. The minimum absolute atomic E-state index is 0.193. The molecule has 0 aromatic heterocycles. The molecular formula is C19H18N2O4. The number of imide groups is 2. The molecule has 0 saturated heterocycles. The molecule has 2 heterocycles. The zero-order valence-electron chi connectivity index (χ0n) is 14.3. The lowest BCUT2D eigenvalue weighted by Gasteiger charge is -2.33. The molecule has 0 unspecified atom stereocenters. The van der Waals surface area contributed by atoms with Crippen LogP contribution in [0.2, 0.25) is 0 Å². The monoisotopic (exact) mass is 338 g/mol. The quantitative estimate of drug-likeness (QED) is 0.780. The van der Waals surface area contributed by atoms with Crippen LogP contribution < -0.4 is 0 Å². The highest BCUT2D eigenvalue weighted by Gasteiger charge is 2.43. The van der Waals surface area contributed by atoms with Crippen molar-refractivity contribution < 1.29 is 19.2 Å². The Bertz CT molecular complexity index is 818. The van der Waals surface area contributed by atoms with Crippen molar-refractivity contribution in [2.75, 3.05) is 0 Å². The first-order chi connectivity index (χ1) is 11.8. The molecule has 1 aromatic carbocycles. The van der Waals surface area contributed by atoms with E-state index >= 15 is 0 Å². The van der Waals surface area contributed by atoms with E-state index in [1.807, 2.05) is 31.2 Å². The number of aryl methyl sites for hydroxylation is 1. The van der Waals surface area contributed by atoms with E-state index in [2.05, 4.69) is 0 Å². The van der Waals surface area contributed by atoms with Crippen molar-refractivity contribution in [3.05, 3.63) is 58.7 Å². The molecule has 0 spiro atoms. The van der Waals surface area contributed by atoms with Crippen molar-refractivity contribution >= 4 is 23.6 Å². The minimum atomic E-state index is -0.982. The number of amides is 4. The summed E-state index contributed by atoms with van der Waals surface area (Å²) in [6.07, 6.45) is 1.68. The van der Waals surface area contributed by atoms with Gasteiger partial charge in [-0.15, -0.1) is 0 Å². The molecule has 1 aromatic rings. The molecule has 0 saturated carbocycles. The van der Waals surface area contributed by atoms with Gasteiger partial charge in [0.1, 0.15) is 6.17 Å². The Kier molecular flexibility index (Phi) is 4.12. The maximum absolute atomic E-state index is 12.4. The molecule has 25 heavy (non-hydrogen) atoms. The van der Waals surface area contributed by atoms with Crippen LogP contribution in [-0.2, 0) is 25.6 Å². The van der Waals surface area contributed by atoms with Crippen LogP contribution in [0, 0.1) is 6.92 Å². The molecule has 6 nitrogen and oxygen atoms in total. The fourth-order valence-electron chi connectivity index (χ4n) is 3.13. The van der Waals surface area contributed by atoms with Crippen molar-refractivity contribution in [2.45, 2.75) is 33.4 Å². The number of hydrogen-bond acceptors (Lipinski definition) is 4. The molecular weight excluding hydrogens is 320 g/mol. The normalized spacial score (nSPS) is 17.8. The topological polar surface area (TPSA) is 74.8 Å². The minimum Gasteiger partial charge on any atom is -0.269 e. The molecule has 0 atom stereocenters. The SMILES string of the molecule is CC1=CC(=O)N(C(Cc2cccc(C)c2)N2C(=O)C=C(C)C2=O)C1=O. The summed E-state index contributed by atoms with van der Waals surface area (Å²) in [6.45, 7) is 5.01. The van der Waals surface area contributed by atoms with Crippen LogP contribution in [0.5, 0.6) is 0 Å². The summed E-state index contributed by atoms with van der Waals surface area (Å²) in [6, 6.07) is 7.53. The van der Waals surface area contributed by atoms with E-state index in [4.69, 9.17) is 0 Å². The fraction of sp³-hybridized carbons (Fsp3) is 0.263. The van der Waals surface area contributed by atoms with Crippen molar-refractivity contribution in [3.63, 3.8) is 0 Å². The van der Waals surface area contributed by atoms with Gasteiger partial charge in [-0.05, 0) is 26.3 Å². The second kappa shape index (κ2) is 6.12. The summed E-state index contributed by atoms with van der Waals surface area (Å²) in [5.41, 5.74) is 2.43. The number of hydrogen-bond donors (Lipinski definition) is 0. The Morgan fingerprint density at radius 2 is 1.36 bits per heavy atom. The molecule has 6 heteroatoms. The zero-order chi connectivity index (χ0) is 18.3. The number of carbonyl (C=O) groups is 4. The number of carbonyl (C=O) groups excluding carboxylic acids is 4. The maximum atomic E-state index is 12.4. The van der Waals surface area contributed by atoms with Gasteiger partial charge in [0.25, 0.3) is 23.6 Å². The lowest BCUT2D eigenvalue weighted by Crippen LogP contribution is -2.55. The van der Waals surface area contributed by atoms with Gasteiger partial charge in [0.05, 0.1) is 0 Å². The standard InChI is InChI=1S/C19H18N2O4/c1-11-5-4-6-14(7-11)10-15(20-16(22)8-12(2)18(20)24)21-17(23)9-13(3)19(21)25/h4-9,15H,10H2,1-3H3. The van der Waals surface area contributed by atoms with E-state index in [1.54, 1.807) is 13.8 Å². The molecule has 2 aliphatic rings. The second-order valence-electron chi connectivity index (χ2n) is 6.36. The van der Waals surface area contributed by atoms with Crippen LogP contribution in [0.1, 0.15) is 25.0 Å². The molecule has 2 aliphatic heterocycles. The van der Waals surface area contributed by atoms with E-state index in [1.165, 1.54) is 12.2 Å².